The van der Waals surface area contributed by atoms with Crippen molar-refractivity contribution in [2.45, 2.75) is 110 Å². The van der Waals surface area contributed by atoms with Gasteiger partial charge in [-0.3, -0.25) is 4.79 Å². The minimum absolute atomic E-state index is 0.0541. The summed E-state index contributed by atoms with van der Waals surface area (Å²) in [7, 11) is 4.58. The van der Waals surface area contributed by atoms with Crippen molar-refractivity contribution in [3.8, 4) is 0 Å². The van der Waals surface area contributed by atoms with E-state index in [4.69, 9.17) is 0 Å². The number of quaternary nitrogens is 1. The standard InChI is InChI=1S/C23H49NO2P/c1-5-6-7-8-9-10-11-12-13-14-15-16-17-18-19-20-21-27(26)23(25)22-24(2,3)4/h26H,5-22H2,1-4H3/q+1. The zero-order valence-electron chi connectivity index (χ0n) is 19.0. The molecule has 0 amide bonds. The van der Waals surface area contributed by atoms with Gasteiger partial charge in [-0.1, -0.05) is 103 Å². The first kappa shape index (κ1) is 27.0. The maximum Gasteiger partial charge on any atom is 0.234 e. The summed E-state index contributed by atoms with van der Waals surface area (Å²) in [5, 5.41) is 0. The predicted molar refractivity (Wildman–Crippen MR) is 121 cm³/mol. The Bertz CT molecular complexity index is 342. The van der Waals surface area contributed by atoms with Crippen LogP contribution >= 0.6 is 8.15 Å². The van der Waals surface area contributed by atoms with Gasteiger partial charge in [0.05, 0.1) is 21.1 Å². The van der Waals surface area contributed by atoms with Crippen molar-refractivity contribution in [1.82, 2.24) is 0 Å². The molecule has 162 valence electrons. The first-order valence-corrected chi connectivity index (χ1v) is 13.1. The van der Waals surface area contributed by atoms with E-state index in [-0.39, 0.29) is 5.52 Å². The van der Waals surface area contributed by atoms with Crippen LogP contribution in [-0.2, 0) is 4.79 Å². The summed E-state index contributed by atoms with van der Waals surface area (Å²) in [6.07, 6.45) is 22.4. The van der Waals surface area contributed by atoms with E-state index in [1.807, 2.05) is 21.1 Å². The molecule has 0 bridgehead atoms. The Hall–Kier alpha value is 0.0200. The minimum atomic E-state index is -1.40. The molecule has 0 radical (unpaired) electrons. The largest absolute Gasteiger partial charge is 0.366 e. The number of carbonyl (C=O) groups is 1. The van der Waals surface area contributed by atoms with E-state index in [9.17, 15) is 9.69 Å². The lowest BCUT2D eigenvalue weighted by atomic mass is 10.0. The topological polar surface area (TPSA) is 37.3 Å². The van der Waals surface area contributed by atoms with Gasteiger partial charge in [0.2, 0.25) is 5.52 Å². The summed E-state index contributed by atoms with van der Waals surface area (Å²) in [4.78, 5) is 21.9. The van der Waals surface area contributed by atoms with Crippen molar-refractivity contribution in [2.24, 2.45) is 0 Å². The summed E-state index contributed by atoms with van der Waals surface area (Å²) in [5.41, 5.74) is 0.0541. The lowest BCUT2D eigenvalue weighted by Gasteiger charge is -2.23. The molecule has 0 aliphatic rings. The molecule has 0 aliphatic heterocycles. The Kier molecular flexibility index (Phi) is 18.1. The molecule has 0 heterocycles. The number of nitrogens with zero attached hydrogens (tertiary/aromatic N) is 1. The monoisotopic (exact) mass is 402 g/mol. The Morgan fingerprint density at radius 3 is 1.33 bits per heavy atom. The predicted octanol–water partition coefficient (Wildman–Crippen LogP) is 6.87. The van der Waals surface area contributed by atoms with E-state index >= 15 is 0 Å². The van der Waals surface area contributed by atoms with Crippen LogP contribution < -0.4 is 0 Å². The van der Waals surface area contributed by atoms with Gasteiger partial charge < -0.3 is 9.38 Å². The van der Waals surface area contributed by atoms with Crippen molar-refractivity contribution in [1.29, 1.82) is 0 Å². The molecule has 0 rings (SSSR count). The van der Waals surface area contributed by atoms with Crippen LogP contribution in [0.4, 0.5) is 0 Å². The van der Waals surface area contributed by atoms with Crippen LogP contribution in [0.25, 0.3) is 0 Å². The first-order valence-electron chi connectivity index (χ1n) is 11.7. The van der Waals surface area contributed by atoms with Crippen molar-refractivity contribution < 1.29 is 14.2 Å². The second kappa shape index (κ2) is 18.1. The quantitative estimate of drug-likeness (QED) is 0.137. The normalized spacial score (nSPS) is 13.1. The molecule has 4 heteroatoms. The molecular formula is C23H49NO2P+. The number of hydrogen-bond acceptors (Lipinski definition) is 2. The van der Waals surface area contributed by atoms with Crippen LogP contribution in [0.3, 0.4) is 0 Å². The molecule has 1 N–H and O–H groups in total. The molecular weight excluding hydrogens is 353 g/mol. The van der Waals surface area contributed by atoms with Gasteiger partial charge in [-0.05, 0) is 12.6 Å². The van der Waals surface area contributed by atoms with E-state index in [2.05, 4.69) is 6.92 Å². The van der Waals surface area contributed by atoms with Crippen molar-refractivity contribution in [3.63, 3.8) is 0 Å². The third kappa shape index (κ3) is 20.6. The summed E-state index contributed by atoms with van der Waals surface area (Å²) >= 11 is 0. The van der Waals surface area contributed by atoms with Gasteiger partial charge in [0.1, 0.15) is 14.7 Å². The van der Waals surface area contributed by atoms with Crippen LogP contribution in [0.15, 0.2) is 0 Å². The fourth-order valence-corrected chi connectivity index (χ4v) is 4.78. The fraction of sp³-hybridized carbons (Fsp3) is 0.957. The molecule has 0 fully saturated rings. The smallest absolute Gasteiger partial charge is 0.234 e. The van der Waals surface area contributed by atoms with Gasteiger partial charge in [0.25, 0.3) is 0 Å². The Morgan fingerprint density at radius 2 is 1.00 bits per heavy atom. The van der Waals surface area contributed by atoms with E-state index in [0.29, 0.717) is 17.2 Å². The van der Waals surface area contributed by atoms with Crippen LogP contribution in [0.1, 0.15) is 110 Å². The highest BCUT2D eigenvalue weighted by molar-refractivity contribution is 7.69. The Morgan fingerprint density at radius 1 is 0.667 bits per heavy atom. The molecule has 0 spiro atoms. The average molecular weight is 403 g/mol. The number of rotatable bonds is 20. The molecule has 0 aromatic carbocycles. The van der Waals surface area contributed by atoms with Crippen molar-refractivity contribution >= 4 is 13.7 Å². The molecule has 0 aliphatic carbocycles. The minimum Gasteiger partial charge on any atom is -0.366 e. The maximum absolute atomic E-state index is 11.9. The van der Waals surface area contributed by atoms with E-state index in [1.165, 1.54) is 89.9 Å². The summed E-state index contributed by atoms with van der Waals surface area (Å²) in [5.74, 6) is 0. The first-order chi connectivity index (χ1) is 12.9. The van der Waals surface area contributed by atoms with E-state index in [0.717, 1.165) is 12.8 Å². The number of unbranched alkanes of at least 4 members (excludes halogenated alkanes) is 15. The molecule has 27 heavy (non-hydrogen) atoms. The van der Waals surface area contributed by atoms with Gasteiger partial charge in [-0.25, -0.2) is 0 Å². The van der Waals surface area contributed by atoms with Crippen LogP contribution in [0, 0.1) is 0 Å². The van der Waals surface area contributed by atoms with Gasteiger partial charge in [0, 0.05) is 0 Å². The number of hydrogen-bond donors (Lipinski definition) is 1. The van der Waals surface area contributed by atoms with Gasteiger partial charge in [-0.2, -0.15) is 0 Å². The zero-order chi connectivity index (χ0) is 20.4. The van der Waals surface area contributed by atoms with Gasteiger partial charge in [0.15, 0.2) is 0 Å². The second-order valence-electron chi connectivity index (χ2n) is 9.27. The van der Waals surface area contributed by atoms with E-state index < -0.39 is 8.15 Å². The number of likely N-dealkylation sites (N-methyl/N-ethyl adjacent to an activating group) is 1. The van der Waals surface area contributed by atoms with Crippen LogP contribution in [-0.4, -0.2) is 48.8 Å². The third-order valence-electron chi connectivity index (χ3n) is 5.12. The highest BCUT2D eigenvalue weighted by atomic mass is 31.1. The second-order valence-corrected chi connectivity index (χ2v) is 11.0. The zero-order valence-corrected chi connectivity index (χ0v) is 19.9. The number of carbonyl (C=O) groups excluding carboxylic acids is 1. The SMILES string of the molecule is CCCCCCCCCCCCCCCCCCP(O)C(=O)C[N+](C)(C)C. The molecule has 1 atom stereocenters. The Balaban J connectivity index is 3.26. The van der Waals surface area contributed by atoms with Crippen molar-refractivity contribution in [3.05, 3.63) is 0 Å². The van der Waals surface area contributed by atoms with Gasteiger partial charge in [-0.15, -0.1) is 0 Å². The highest BCUT2D eigenvalue weighted by Gasteiger charge is 2.21. The molecule has 3 nitrogen and oxygen atoms in total. The highest BCUT2D eigenvalue weighted by Crippen LogP contribution is 2.33. The molecule has 1 unspecified atom stereocenters. The van der Waals surface area contributed by atoms with E-state index in [1.54, 1.807) is 0 Å². The fourth-order valence-electron chi connectivity index (χ4n) is 3.42. The van der Waals surface area contributed by atoms with Crippen LogP contribution in [0.2, 0.25) is 0 Å². The average Bonchev–Trinajstić information content (AvgIpc) is 2.59. The van der Waals surface area contributed by atoms with Crippen LogP contribution in [0.5, 0.6) is 0 Å². The van der Waals surface area contributed by atoms with Crippen molar-refractivity contribution in [2.75, 3.05) is 33.8 Å². The third-order valence-corrected chi connectivity index (χ3v) is 6.58. The summed E-state index contributed by atoms with van der Waals surface area (Å²) in [6, 6.07) is 0. The Labute approximate surface area is 171 Å². The van der Waals surface area contributed by atoms with Gasteiger partial charge >= 0.3 is 0 Å². The molecule has 0 aromatic heterocycles. The maximum atomic E-state index is 11.9. The lowest BCUT2D eigenvalue weighted by molar-refractivity contribution is -0.861. The molecule has 0 aromatic rings. The summed E-state index contributed by atoms with van der Waals surface area (Å²) in [6.45, 7) is 2.73. The molecule has 0 saturated carbocycles. The summed E-state index contributed by atoms with van der Waals surface area (Å²) < 4.78 is 0.608. The molecule has 0 saturated heterocycles. The lowest BCUT2D eigenvalue weighted by Crippen LogP contribution is -2.39.